The van der Waals surface area contributed by atoms with E-state index in [1.54, 1.807) is 0 Å². The monoisotopic (exact) mass is 182 g/mol. The summed E-state index contributed by atoms with van der Waals surface area (Å²) in [6, 6.07) is 1.59. The van der Waals surface area contributed by atoms with Crippen LogP contribution in [0.15, 0.2) is 0 Å². The summed E-state index contributed by atoms with van der Waals surface area (Å²) in [5.74, 6) is 1.04. The summed E-state index contributed by atoms with van der Waals surface area (Å²) in [6.45, 7) is 8.35. The molecule has 2 aliphatic rings. The largest absolute Gasteiger partial charge is 0.312 e. The van der Waals surface area contributed by atoms with E-state index in [1.165, 1.54) is 38.9 Å². The van der Waals surface area contributed by atoms with Gasteiger partial charge in [0.25, 0.3) is 0 Å². The Bertz CT molecular complexity index is 165. The Kier molecular flexibility index (Phi) is 2.89. The van der Waals surface area contributed by atoms with Crippen LogP contribution in [0.1, 0.15) is 33.1 Å². The normalized spacial score (nSPS) is 33.2. The summed E-state index contributed by atoms with van der Waals surface area (Å²) in [4.78, 5) is 2.71. The van der Waals surface area contributed by atoms with Crippen LogP contribution in [0, 0.1) is 5.92 Å². The number of rotatable bonds is 3. The van der Waals surface area contributed by atoms with Crippen molar-refractivity contribution in [3.63, 3.8) is 0 Å². The van der Waals surface area contributed by atoms with Gasteiger partial charge in [0.2, 0.25) is 0 Å². The summed E-state index contributed by atoms with van der Waals surface area (Å²) in [6.07, 6.45) is 4.31. The molecular weight excluding hydrogens is 160 g/mol. The highest BCUT2D eigenvalue weighted by atomic mass is 15.2. The van der Waals surface area contributed by atoms with Crippen molar-refractivity contribution < 1.29 is 0 Å². The van der Waals surface area contributed by atoms with E-state index in [2.05, 4.69) is 24.1 Å². The van der Waals surface area contributed by atoms with Crippen molar-refractivity contribution in [2.45, 2.75) is 45.2 Å². The first-order valence-electron chi connectivity index (χ1n) is 5.78. The number of nitrogens with zero attached hydrogens (tertiary/aromatic N) is 1. The van der Waals surface area contributed by atoms with Gasteiger partial charge in [0.1, 0.15) is 0 Å². The smallest absolute Gasteiger partial charge is 0.0167 e. The van der Waals surface area contributed by atoms with Gasteiger partial charge in [-0.05, 0) is 32.1 Å². The second kappa shape index (κ2) is 3.97. The van der Waals surface area contributed by atoms with Crippen LogP contribution < -0.4 is 5.32 Å². The van der Waals surface area contributed by atoms with Crippen molar-refractivity contribution in [2.24, 2.45) is 5.92 Å². The summed E-state index contributed by atoms with van der Waals surface area (Å²) >= 11 is 0. The zero-order chi connectivity index (χ0) is 9.26. The van der Waals surface area contributed by atoms with Crippen molar-refractivity contribution in [1.29, 1.82) is 0 Å². The third-order valence-electron chi connectivity index (χ3n) is 3.45. The van der Waals surface area contributed by atoms with Gasteiger partial charge in [-0.2, -0.15) is 0 Å². The molecule has 0 radical (unpaired) electrons. The van der Waals surface area contributed by atoms with Crippen LogP contribution in [0.3, 0.4) is 0 Å². The maximum absolute atomic E-state index is 3.51. The summed E-state index contributed by atoms with van der Waals surface area (Å²) in [5, 5.41) is 3.51. The minimum Gasteiger partial charge on any atom is -0.312 e. The molecule has 0 aromatic rings. The first-order valence-corrected chi connectivity index (χ1v) is 5.78. The number of piperazine rings is 1. The van der Waals surface area contributed by atoms with Crippen LogP contribution >= 0.6 is 0 Å². The Hall–Kier alpha value is -0.0800. The van der Waals surface area contributed by atoms with E-state index >= 15 is 0 Å². The van der Waals surface area contributed by atoms with E-state index in [9.17, 15) is 0 Å². The molecule has 0 bridgehead atoms. The van der Waals surface area contributed by atoms with Crippen LogP contribution in [0.5, 0.6) is 0 Å². The molecule has 0 aromatic carbocycles. The molecule has 1 saturated carbocycles. The lowest BCUT2D eigenvalue weighted by atomic mass is 10.1. The molecule has 0 spiro atoms. The van der Waals surface area contributed by atoms with Crippen LogP contribution in [-0.4, -0.2) is 36.6 Å². The number of nitrogens with one attached hydrogen (secondary N) is 1. The maximum atomic E-state index is 3.51. The predicted molar refractivity (Wildman–Crippen MR) is 55.8 cm³/mol. The zero-order valence-corrected chi connectivity index (χ0v) is 8.92. The highest BCUT2D eigenvalue weighted by Gasteiger charge is 2.35. The maximum Gasteiger partial charge on any atom is 0.0167 e. The van der Waals surface area contributed by atoms with Gasteiger partial charge >= 0.3 is 0 Å². The molecule has 2 atom stereocenters. The highest BCUT2D eigenvalue weighted by molar-refractivity contribution is 4.90. The van der Waals surface area contributed by atoms with Gasteiger partial charge in [-0.3, -0.25) is 4.90 Å². The lowest BCUT2D eigenvalue weighted by molar-refractivity contribution is 0.130. The predicted octanol–water partition coefficient (Wildman–Crippen LogP) is 1.47. The second-order valence-electron chi connectivity index (χ2n) is 4.66. The minimum absolute atomic E-state index is 0.696. The van der Waals surface area contributed by atoms with E-state index in [-0.39, 0.29) is 0 Å². The topological polar surface area (TPSA) is 15.3 Å². The molecule has 13 heavy (non-hydrogen) atoms. The van der Waals surface area contributed by atoms with Crippen LogP contribution in [0.2, 0.25) is 0 Å². The Morgan fingerprint density at radius 2 is 2.23 bits per heavy atom. The Balaban J connectivity index is 1.88. The van der Waals surface area contributed by atoms with Crippen molar-refractivity contribution in [3.8, 4) is 0 Å². The van der Waals surface area contributed by atoms with Gasteiger partial charge in [-0.15, -0.1) is 0 Å². The lowest BCUT2D eigenvalue weighted by Gasteiger charge is -2.37. The molecular formula is C11H22N2. The minimum atomic E-state index is 0.696. The van der Waals surface area contributed by atoms with Crippen molar-refractivity contribution in [2.75, 3.05) is 19.6 Å². The fraction of sp³-hybridized carbons (Fsp3) is 1.00. The highest BCUT2D eigenvalue weighted by Crippen LogP contribution is 2.37. The van der Waals surface area contributed by atoms with Gasteiger partial charge in [-0.25, -0.2) is 0 Å². The van der Waals surface area contributed by atoms with Crippen molar-refractivity contribution >= 4 is 0 Å². The summed E-state index contributed by atoms with van der Waals surface area (Å²) in [5.41, 5.74) is 0. The van der Waals surface area contributed by atoms with E-state index in [0.29, 0.717) is 6.04 Å². The van der Waals surface area contributed by atoms with Crippen molar-refractivity contribution in [1.82, 2.24) is 10.2 Å². The molecule has 2 fully saturated rings. The molecule has 0 amide bonds. The third kappa shape index (κ3) is 2.23. The lowest BCUT2D eigenvalue weighted by Crippen LogP contribution is -2.53. The van der Waals surface area contributed by atoms with Crippen LogP contribution in [0.4, 0.5) is 0 Å². The molecule has 2 unspecified atom stereocenters. The average molecular weight is 182 g/mol. The standard InChI is InChI=1S/C11H22N2/c1-3-11(10-4-5-10)13-7-6-12-9(2)8-13/h9-12H,3-8H2,1-2H3. The molecule has 2 heteroatoms. The quantitative estimate of drug-likeness (QED) is 0.711. The van der Waals surface area contributed by atoms with Crippen LogP contribution in [-0.2, 0) is 0 Å². The molecule has 1 aliphatic carbocycles. The first-order chi connectivity index (χ1) is 6.31. The molecule has 1 N–H and O–H groups in total. The van der Waals surface area contributed by atoms with Crippen LogP contribution in [0.25, 0.3) is 0 Å². The van der Waals surface area contributed by atoms with E-state index in [0.717, 1.165) is 12.0 Å². The zero-order valence-electron chi connectivity index (χ0n) is 8.92. The average Bonchev–Trinajstić information content (AvgIpc) is 2.90. The van der Waals surface area contributed by atoms with E-state index in [4.69, 9.17) is 0 Å². The number of hydrogen-bond acceptors (Lipinski definition) is 2. The van der Waals surface area contributed by atoms with Gasteiger partial charge < -0.3 is 5.32 Å². The van der Waals surface area contributed by atoms with E-state index < -0.39 is 0 Å². The van der Waals surface area contributed by atoms with Gasteiger partial charge in [-0.1, -0.05) is 6.92 Å². The SMILES string of the molecule is CCC(C1CC1)N1CCNC(C)C1. The third-order valence-corrected chi connectivity index (χ3v) is 3.45. The number of hydrogen-bond donors (Lipinski definition) is 1. The molecule has 76 valence electrons. The molecule has 0 aromatic heterocycles. The Morgan fingerprint density at radius 1 is 1.46 bits per heavy atom. The fourth-order valence-corrected chi connectivity index (χ4v) is 2.63. The Morgan fingerprint density at radius 3 is 2.77 bits per heavy atom. The second-order valence-corrected chi connectivity index (χ2v) is 4.66. The molecule has 1 saturated heterocycles. The molecule has 1 aliphatic heterocycles. The summed E-state index contributed by atoms with van der Waals surface area (Å²) < 4.78 is 0. The van der Waals surface area contributed by atoms with E-state index in [1.807, 2.05) is 0 Å². The first kappa shape index (κ1) is 9.47. The molecule has 2 rings (SSSR count). The molecule has 2 nitrogen and oxygen atoms in total. The van der Waals surface area contributed by atoms with Crippen molar-refractivity contribution in [3.05, 3.63) is 0 Å². The molecule has 1 heterocycles. The van der Waals surface area contributed by atoms with Gasteiger partial charge in [0.05, 0.1) is 0 Å². The Labute approximate surface area is 81.7 Å². The fourth-order valence-electron chi connectivity index (χ4n) is 2.63. The van der Waals surface area contributed by atoms with Gasteiger partial charge in [0, 0.05) is 31.7 Å². The van der Waals surface area contributed by atoms with Gasteiger partial charge in [0.15, 0.2) is 0 Å². The summed E-state index contributed by atoms with van der Waals surface area (Å²) in [7, 11) is 0.